The molecule has 0 aliphatic rings. The second-order valence-corrected chi connectivity index (χ2v) is 12.6. The standard InChI is InChI=1S/C35H27NO.2C7H8.CH3N/c1-2-24-20-31(35-29-18-9-10-19-33(29)37-34(35)21-24)28-17-11-16-27(22-28)30(25-12-5-3-6-13-25)23-32(36)26-14-7-4-8-15-26;2*1-7-5-3-2-4-6-7;1-2/h3-23,36H,2H2,1H3;2*2-6H,1H3;2H,1H2/b30-23-,36-32?;;;. The SMILES string of the molecule is C=N.CCc1cc(-c2cccc(/C(=C\C(=N)c3ccccc3)c3ccccc3)c2)c2c(c1)oc1ccccc12.Cc1ccccc1.Cc1ccccc1. The molecule has 0 radical (unpaired) electrons. The van der Waals surface area contributed by atoms with Crippen molar-refractivity contribution in [2.24, 2.45) is 0 Å². The number of hydrogen-bond acceptors (Lipinski definition) is 3. The highest BCUT2D eigenvalue weighted by Crippen LogP contribution is 2.39. The molecule has 1 aromatic heterocycles. The third kappa shape index (κ3) is 10.0. The van der Waals surface area contributed by atoms with Crippen molar-refractivity contribution in [3.8, 4) is 11.1 Å². The highest BCUT2D eigenvalue weighted by atomic mass is 16.3. The largest absolute Gasteiger partial charge is 0.456 e. The van der Waals surface area contributed by atoms with Gasteiger partial charge in [-0.1, -0.05) is 182 Å². The summed E-state index contributed by atoms with van der Waals surface area (Å²) >= 11 is 0. The van der Waals surface area contributed by atoms with E-state index in [4.69, 9.17) is 15.2 Å². The molecule has 0 bridgehead atoms. The van der Waals surface area contributed by atoms with Gasteiger partial charge in [-0.25, -0.2) is 0 Å². The summed E-state index contributed by atoms with van der Waals surface area (Å²) < 4.78 is 6.27. The fourth-order valence-corrected chi connectivity index (χ4v) is 6.06. The van der Waals surface area contributed by atoms with Gasteiger partial charge in [-0.05, 0) is 90.2 Å². The van der Waals surface area contributed by atoms with Crippen molar-refractivity contribution < 1.29 is 4.42 Å². The molecule has 7 aromatic carbocycles. The maximum absolute atomic E-state index is 8.82. The Morgan fingerprint density at radius 1 is 0.547 bits per heavy atom. The molecule has 2 N–H and O–H groups in total. The Morgan fingerprint density at radius 2 is 1.06 bits per heavy atom. The Morgan fingerprint density at radius 3 is 1.60 bits per heavy atom. The smallest absolute Gasteiger partial charge is 0.136 e. The molecule has 3 heteroatoms. The number of fused-ring (bicyclic) bond motifs is 3. The Hall–Kier alpha value is -6.58. The van der Waals surface area contributed by atoms with Crippen molar-refractivity contribution >= 4 is 39.9 Å². The van der Waals surface area contributed by atoms with Gasteiger partial charge in [-0.15, -0.1) is 0 Å². The lowest BCUT2D eigenvalue weighted by molar-refractivity contribution is 0.668. The molecule has 3 nitrogen and oxygen atoms in total. The van der Waals surface area contributed by atoms with Gasteiger partial charge in [0.1, 0.15) is 11.2 Å². The van der Waals surface area contributed by atoms with Gasteiger partial charge < -0.3 is 15.2 Å². The van der Waals surface area contributed by atoms with Gasteiger partial charge in [0.15, 0.2) is 0 Å². The summed E-state index contributed by atoms with van der Waals surface area (Å²) in [5, 5.41) is 16.6. The van der Waals surface area contributed by atoms with E-state index in [1.165, 1.54) is 22.3 Å². The summed E-state index contributed by atoms with van der Waals surface area (Å²) in [6.45, 7) is 8.84. The number of furan rings is 1. The van der Waals surface area contributed by atoms with Crippen LogP contribution in [0.1, 0.15) is 40.3 Å². The van der Waals surface area contributed by atoms with Crippen LogP contribution in [0.25, 0.3) is 38.6 Å². The molecule has 0 aliphatic carbocycles. The van der Waals surface area contributed by atoms with Crippen LogP contribution in [0.3, 0.4) is 0 Å². The van der Waals surface area contributed by atoms with Crippen LogP contribution in [0, 0.1) is 24.7 Å². The van der Waals surface area contributed by atoms with Crippen molar-refractivity contribution in [3.63, 3.8) is 0 Å². The van der Waals surface area contributed by atoms with Crippen LogP contribution in [-0.4, -0.2) is 12.4 Å². The predicted molar refractivity (Wildman–Crippen MR) is 228 cm³/mol. The number of benzene rings is 7. The van der Waals surface area contributed by atoms with Crippen molar-refractivity contribution in [1.82, 2.24) is 0 Å². The number of rotatable bonds is 6. The Kier molecular flexibility index (Phi) is 13.6. The molecule has 53 heavy (non-hydrogen) atoms. The Bertz CT molecular complexity index is 2340. The number of allylic oxidation sites excluding steroid dienone is 1. The summed E-state index contributed by atoms with van der Waals surface area (Å²) in [7, 11) is 0. The lowest BCUT2D eigenvalue weighted by Crippen LogP contribution is -1.98. The summed E-state index contributed by atoms with van der Waals surface area (Å²) in [6, 6.07) is 62.1. The molecule has 0 saturated carbocycles. The van der Waals surface area contributed by atoms with Crippen LogP contribution >= 0.6 is 0 Å². The average molecular weight is 691 g/mol. The zero-order valence-electron chi connectivity index (χ0n) is 30.7. The van der Waals surface area contributed by atoms with Crippen molar-refractivity contribution in [2.75, 3.05) is 0 Å². The van der Waals surface area contributed by atoms with Gasteiger partial charge in [0.2, 0.25) is 0 Å². The molecule has 0 amide bonds. The van der Waals surface area contributed by atoms with Crippen molar-refractivity contribution in [2.45, 2.75) is 27.2 Å². The monoisotopic (exact) mass is 690 g/mol. The third-order valence-corrected chi connectivity index (χ3v) is 8.77. The second kappa shape index (κ2) is 19.1. The van der Waals surface area contributed by atoms with Gasteiger partial charge in [-0.3, -0.25) is 0 Å². The lowest BCUT2D eigenvalue weighted by Gasteiger charge is -2.13. The van der Waals surface area contributed by atoms with E-state index in [0.717, 1.165) is 56.2 Å². The van der Waals surface area contributed by atoms with Crippen molar-refractivity contribution in [1.29, 1.82) is 10.8 Å². The molecule has 0 aliphatic heterocycles. The van der Waals surface area contributed by atoms with Crippen LogP contribution in [0.5, 0.6) is 0 Å². The molecule has 1 heterocycles. The molecule has 0 saturated heterocycles. The van der Waals surface area contributed by atoms with Gasteiger partial charge in [0.25, 0.3) is 0 Å². The normalized spacial score (nSPS) is 10.6. The molecule has 8 aromatic rings. The second-order valence-electron chi connectivity index (χ2n) is 12.6. The quantitative estimate of drug-likeness (QED) is 0.168. The summed E-state index contributed by atoms with van der Waals surface area (Å²) in [5.74, 6) is 0. The van der Waals surface area contributed by atoms with Crippen LogP contribution in [0.15, 0.2) is 192 Å². The number of nitrogens with one attached hydrogen (secondary N) is 2. The van der Waals surface area contributed by atoms with Crippen LogP contribution < -0.4 is 0 Å². The Balaban J connectivity index is 0.000000280. The first-order valence-electron chi connectivity index (χ1n) is 17.8. The minimum absolute atomic E-state index is 0.487. The third-order valence-electron chi connectivity index (χ3n) is 8.77. The molecule has 0 unspecified atom stereocenters. The first-order valence-corrected chi connectivity index (χ1v) is 17.8. The lowest BCUT2D eigenvalue weighted by atomic mass is 9.91. The van der Waals surface area contributed by atoms with Gasteiger partial charge in [0.05, 0.1) is 5.71 Å². The van der Waals surface area contributed by atoms with Gasteiger partial charge >= 0.3 is 0 Å². The fraction of sp³-hybridized carbons (Fsp3) is 0.0800. The first kappa shape index (κ1) is 37.7. The summed E-state index contributed by atoms with van der Waals surface area (Å²) in [6.07, 6.45) is 2.91. The van der Waals surface area contributed by atoms with E-state index in [-0.39, 0.29) is 0 Å². The molecule has 8 rings (SSSR count). The highest BCUT2D eigenvalue weighted by molar-refractivity contribution is 6.14. The van der Waals surface area contributed by atoms with E-state index >= 15 is 0 Å². The van der Waals surface area contributed by atoms with E-state index in [0.29, 0.717) is 5.71 Å². The first-order chi connectivity index (χ1) is 26.0. The van der Waals surface area contributed by atoms with Crippen LogP contribution in [0.4, 0.5) is 0 Å². The van der Waals surface area contributed by atoms with E-state index in [2.05, 4.69) is 112 Å². The topological polar surface area (TPSA) is 60.8 Å². The van der Waals surface area contributed by atoms with Crippen LogP contribution in [-0.2, 0) is 6.42 Å². The molecular weight excluding hydrogens is 645 g/mol. The van der Waals surface area contributed by atoms with E-state index < -0.39 is 0 Å². The highest BCUT2D eigenvalue weighted by Gasteiger charge is 2.15. The predicted octanol–water partition coefficient (Wildman–Crippen LogP) is 13.6. The van der Waals surface area contributed by atoms with E-state index in [1.54, 1.807) is 0 Å². The maximum atomic E-state index is 8.82. The minimum atomic E-state index is 0.487. The Labute approximate surface area is 313 Å². The molecular formula is C50H46N2O. The summed E-state index contributed by atoms with van der Waals surface area (Å²) in [4.78, 5) is 0. The zero-order valence-corrected chi connectivity index (χ0v) is 30.7. The number of para-hydroxylation sites is 1. The number of hydrogen-bond donors (Lipinski definition) is 2. The number of aryl methyl sites for hydroxylation is 3. The fourth-order valence-electron chi connectivity index (χ4n) is 6.06. The van der Waals surface area contributed by atoms with Gasteiger partial charge in [0, 0.05) is 10.8 Å². The molecule has 0 fully saturated rings. The summed E-state index contributed by atoms with van der Waals surface area (Å²) in [5.41, 5.74) is 12.6. The van der Waals surface area contributed by atoms with E-state index in [1.807, 2.05) is 103 Å². The molecule has 0 spiro atoms. The molecule has 262 valence electrons. The molecule has 0 atom stereocenters. The average Bonchev–Trinajstić information content (AvgIpc) is 3.60. The van der Waals surface area contributed by atoms with Gasteiger partial charge in [-0.2, -0.15) is 0 Å². The van der Waals surface area contributed by atoms with Crippen molar-refractivity contribution in [3.05, 3.63) is 221 Å². The van der Waals surface area contributed by atoms with E-state index in [9.17, 15) is 0 Å². The maximum Gasteiger partial charge on any atom is 0.136 e. The minimum Gasteiger partial charge on any atom is -0.456 e. The van der Waals surface area contributed by atoms with Crippen LogP contribution in [0.2, 0.25) is 0 Å². The zero-order chi connectivity index (χ0) is 37.4.